The lowest BCUT2D eigenvalue weighted by molar-refractivity contribution is 0.0697. The van der Waals surface area contributed by atoms with E-state index in [1.54, 1.807) is 52.7 Å². The van der Waals surface area contributed by atoms with Crippen LogP contribution in [0, 0.1) is 0 Å². The summed E-state index contributed by atoms with van der Waals surface area (Å²) < 4.78 is 22.5. The molecule has 0 radical (unpaired) electrons. The van der Waals surface area contributed by atoms with Crippen LogP contribution >= 0.6 is 0 Å². The van der Waals surface area contributed by atoms with Gasteiger partial charge in [-0.15, -0.1) is 5.53 Å². The zero-order chi connectivity index (χ0) is 17.3. The number of anilines is 2. The van der Waals surface area contributed by atoms with E-state index in [2.05, 4.69) is 5.53 Å². The number of carboxylic acid groups (broad SMARTS) is 1. The van der Waals surface area contributed by atoms with E-state index in [9.17, 15) is 18.3 Å². The molecule has 0 amide bonds. The predicted molar refractivity (Wildman–Crippen MR) is 88.5 cm³/mol. The molecule has 3 rings (SSSR count). The van der Waals surface area contributed by atoms with Gasteiger partial charge in [-0.25, -0.2) is 18.4 Å². The highest BCUT2D eigenvalue weighted by molar-refractivity contribution is 7.89. The Bertz CT molecular complexity index is 909. The van der Waals surface area contributed by atoms with Gasteiger partial charge in [0.05, 0.1) is 21.8 Å². The summed E-state index contributed by atoms with van der Waals surface area (Å²) in [7, 11) is -3.74. The van der Waals surface area contributed by atoms with Gasteiger partial charge in [0.1, 0.15) is 0 Å². The Morgan fingerprint density at radius 1 is 1.00 bits per heavy atom. The van der Waals surface area contributed by atoms with Crippen molar-refractivity contribution in [2.45, 2.75) is 4.90 Å². The maximum atomic E-state index is 11.3. The number of para-hydroxylation sites is 1. The summed E-state index contributed by atoms with van der Waals surface area (Å²) in [6.45, 7) is 0. The van der Waals surface area contributed by atoms with Crippen molar-refractivity contribution in [1.29, 1.82) is 0 Å². The number of hydrazine groups is 2. The second-order valence-corrected chi connectivity index (χ2v) is 6.56. The van der Waals surface area contributed by atoms with Gasteiger partial charge in [-0.1, -0.05) is 12.1 Å². The molecule has 2 aromatic rings. The monoisotopic (exact) mass is 346 g/mol. The normalized spacial score (nSPS) is 14.2. The minimum absolute atomic E-state index is 0.0162. The van der Waals surface area contributed by atoms with Gasteiger partial charge >= 0.3 is 5.97 Å². The van der Waals surface area contributed by atoms with E-state index in [1.165, 1.54) is 18.2 Å². The Kier molecular flexibility index (Phi) is 3.97. The van der Waals surface area contributed by atoms with Crippen LogP contribution in [0.1, 0.15) is 10.4 Å². The van der Waals surface area contributed by atoms with Crippen molar-refractivity contribution < 1.29 is 18.3 Å². The van der Waals surface area contributed by atoms with Crippen LogP contribution in [0.15, 0.2) is 65.8 Å². The lowest BCUT2D eigenvalue weighted by Crippen LogP contribution is -2.40. The van der Waals surface area contributed by atoms with Crippen molar-refractivity contribution in [2.24, 2.45) is 5.14 Å². The number of rotatable bonds is 4. The van der Waals surface area contributed by atoms with Crippen LogP contribution in [0.25, 0.3) is 0 Å². The Morgan fingerprint density at radius 3 is 2.25 bits per heavy atom. The third-order valence-corrected chi connectivity index (χ3v) is 4.35. The number of primary sulfonamides is 1. The van der Waals surface area contributed by atoms with Gasteiger partial charge < -0.3 is 5.11 Å². The molecule has 0 aliphatic carbocycles. The fraction of sp³-hybridized carbons (Fsp3) is 0. The van der Waals surface area contributed by atoms with Gasteiger partial charge in [0.15, 0.2) is 0 Å². The van der Waals surface area contributed by atoms with Crippen LogP contribution in [0.4, 0.5) is 11.4 Å². The number of aromatic carboxylic acids is 1. The number of nitrogens with zero attached hydrogens (tertiary/aromatic N) is 2. The van der Waals surface area contributed by atoms with Crippen LogP contribution in [-0.4, -0.2) is 19.5 Å². The molecular formula is C15H14N4O4S. The van der Waals surface area contributed by atoms with Crippen molar-refractivity contribution >= 4 is 27.4 Å². The molecule has 0 bridgehead atoms. The van der Waals surface area contributed by atoms with Crippen LogP contribution in [0.2, 0.25) is 0 Å². The first-order chi connectivity index (χ1) is 11.4. The molecule has 24 heavy (non-hydrogen) atoms. The molecule has 1 heterocycles. The summed E-state index contributed by atoms with van der Waals surface area (Å²) >= 11 is 0. The third kappa shape index (κ3) is 3.08. The maximum absolute atomic E-state index is 11.3. The van der Waals surface area contributed by atoms with Gasteiger partial charge in [0, 0.05) is 12.4 Å². The smallest absolute Gasteiger partial charge is 0.337 e. The molecule has 8 nitrogen and oxygen atoms in total. The molecule has 0 atom stereocenters. The summed E-state index contributed by atoms with van der Waals surface area (Å²) in [5, 5.41) is 17.5. The molecule has 4 N–H and O–H groups in total. The van der Waals surface area contributed by atoms with Crippen LogP contribution in [-0.2, 0) is 10.0 Å². The lowest BCUT2D eigenvalue weighted by atomic mass is 10.2. The first-order valence-electron chi connectivity index (χ1n) is 6.84. The fourth-order valence-electron chi connectivity index (χ4n) is 2.26. The van der Waals surface area contributed by atoms with Crippen LogP contribution < -0.4 is 20.7 Å². The molecule has 0 saturated heterocycles. The zero-order valence-electron chi connectivity index (χ0n) is 12.3. The van der Waals surface area contributed by atoms with Crippen molar-refractivity contribution in [3.63, 3.8) is 0 Å². The lowest BCUT2D eigenvalue weighted by Gasteiger charge is -2.23. The molecule has 0 saturated carbocycles. The Hall–Kier alpha value is -2.88. The number of sulfonamides is 1. The number of carbonyl (C=O) groups is 1. The van der Waals surface area contributed by atoms with E-state index in [0.717, 1.165) is 0 Å². The largest absolute Gasteiger partial charge is 0.478 e. The molecule has 0 unspecified atom stereocenters. The number of nitrogens with one attached hydrogen (secondary N) is 1. The van der Waals surface area contributed by atoms with E-state index < -0.39 is 16.0 Å². The minimum atomic E-state index is -3.74. The molecular weight excluding hydrogens is 332 g/mol. The van der Waals surface area contributed by atoms with Gasteiger partial charge in [-0.05, 0) is 36.4 Å². The van der Waals surface area contributed by atoms with E-state index in [0.29, 0.717) is 11.4 Å². The van der Waals surface area contributed by atoms with Gasteiger partial charge in [0.25, 0.3) is 0 Å². The fourth-order valence-corrected chi connectivity index (χ4v) is 2.77. The average Bonchev–Trinajstić information content (AvgIpc) is 3.04. The molecule has 0 aromatic heterocycles. The summed E-state index contributed by atoms with van der Waals surface area (Å²) in [5.41, 5.74) is 4.28. The van der Waals surface area contributed by atoms with Gasteiger partial charge in [-0.2, -0.15) is 0 Å². The number of hydrogen-bond donors (Lipinski definition) is 3. The molecule has 124 valence electrons. The topological polar surface area (TPSA) is 116 Å². The highest BCUT2D eigenvalue weighted by Crippen LogP contribution is 2.24. The van der Waals surface area contributed by atoms with E-state index in [-0.39, 0.29) is 10.5 Å². The first-order valence-corrected chi connectivity index (χ1v) is 8.39. The molecule has 1 aliphatic rings. The predicted octanol–water partition coefficient (Wildman–Crippen LogP) is 1.25. The minimum Gasteiger partial charge on any atom is -0.478 e. The molecule has 9 heteroatoms. The summed E-state index contributed by atoms with van der Waals surface area (Å²) in [5.74, 6) is -1.03. The molecule has 2 aromatic carbocycles. The Balaban J connectivity index is 1.82. The third-order valence-electron chi connectivity index (χ3n) is 3.42. The number of nitrogens with two attached hydrogens (primary N) is 1. The first kappa shape index (κ1) is 16.0. The maximum Gasteiger partial charge on any atom is 0.337 e. The Labute approximate surface area is 138 Å². The molecule has 1 aliphatic heterocycles. The summed E-state index contributed by atoms with van der Waals surface area (Å²) in [6, 6.07) is 12.5. The van der Waals surface area contributed by atoms with Crippen molar-refractivity contribution in [2.75, 3.05) is 10.0 Å². The van der Waals surface area contributed by atoms with E-state index in [1.807, 2.05) is 0 Å². The van der Waals surface area contributed by atoms with Crippen LogP contribution in [0.5, 0.6) is 0 Å². The van der Waals surface area contributed by atoms with Crippen molar-refractivity contribution in [1.82, 2.24) is 5.53 Å². The standard InChI is InChI=1S/C15H14N4O4S/c16-24(22,23)12-7-5-11(6-8-12)18-9-10-19(17-18)14-4-2-1-3-13(14)15(20)21/h1-10,17H,(H,20,21)(H2,16,22,23). The van der Waals surface area contributed by atoms with E-state index >= 15 is 0 Å². The molecule has 0 fully saturated rings. The number of benzene rings is 2. The highest BCUT2D eigenvalue weighted by atomic mass is 32.2. The van der Waals surface area contributed by atoms with E-state index in [4.69, 9.17) is 5.14 Å². The number of hydrogen-bond acceptors (Lipinski definition) is 6. The summed E-state index contributed by atoms with van der Waals surface area (Å²) in [4.78, 5) is 11.3. The summed E-state index contributed by atoms with van der Waals surface area (Å²) in [6.07, 6.45) is 3.35. The van der Waals surface area contributed by atoms with Gasteiger partial charge in [-0.3, -0.25) is 10.0 Å². The Morgan fingerprint density at radius 2 is 1.62 bits per heavy atom. The van der Waals surface area contributed by atoms with Gasteiger partial charge in [0.2, 0.25) is 10.0 Å². The van der Waals surface area contributed by atoms with Crippen molar-refractivity contribution in [3.8, 4) is 0 Å². The van der Waals surface area contributed by atoms with Crippen LogP contribution in [0.3, 0.4) is 0 Å². The highest BCUT2D eigenvalue weighted by Gasteiger charge is 2.20. The number of carboxylic acids is 1. The zero-order valence-corrected chi connectivity index (χ0v) is 13.1. The molecule has 0 spiro atoms. The average molecular weight is 346 g/mol. The second-order valence-electron chi connectivity index (χ2n) is 5.00. The second kappa shape index (κ2) is 5.96. The van der Waals surface area contributed by atoms with Crippen molar-refractivity contribution in [3.05, 3.63) is 66.5 Å². The SMILES string of the molecule is NS(=O)(=O)c1ccc(N2C=CN(c3ccccc3C(=O)O)N2)cc1. The quantitative estimate of drug-likeness (QED) is 0.763.